The second-order valence-electron chi connectivity index (χ2n) is 5.91. The van der Waals surface area contributed by atoms with Crippen LogP contribution in [0.1, 0.15) is 17.5 Å². The Bertz CT molecular complexity index is 909. The van der Waals surface area contributed by atoms with Crippen LogP contribution in [0.15, 0.2) is 49.2 Å². The molecule has 132 valence electrons. The Labute approximate surface area is 149 Å². The van der Waals surface area contributed by atoms with Crippen molar-refractivity contribution >= 4 is 5.97 Å². The van der Waals surface area contributed by atoms with Crippen LogP contribution in [0.2, 0.25) is 0 Å². The van der Waals surface area contributed by atoms with Crippen LogP contribution >= 0.6 is 0 Å². The number of carboxylic acids is 1. The summed E-state index contributed by atoms with van der Waals surface area (Å²) in [4.78, 5) is 19.3. The minimum atomic E-state index is -0.934. The van der Waals surface area contributed by atoms with Crippen molar-refractivity contribution in [1.82, 2.24) is 19.7 Å². The summed E-state index contributed by atoms with van der Waals surface area (Å²) in [5.41, 5.74) is 1.92. The van der Waals surface area contributed by atoms with E-state index >= 15 is 0 Å². The van der Waals surface area contributed by atoms with Crippen LogP contribution in [0.4, 0.5) is 0 Å². The molecule has 3 heterocycles. The maximum atomic E-state index is 11.1. The molecule has 1 atom stereocenters. The van der Waals surface area contributed by atoms with Crippen LogP contribution in [-0.4, -0.2) is 36.9 Å². The van der Waals surface area contributed by atoms with Gasteiger partial charge >= 0.3 is 5.97 Å². The lowest BCUT2D eigenvalue weighted by Gasteiger charge is -2.23. The largest absolute Gasteiger partial charge is 0.487 e. The fourth-order valence-corrected chi connectivity index (χ4v) is 2.76. The number of nitrogens with zero attached hydrogens (tertiary/aromatic N) is 4. The van der Waals surface area contributed by atoms with Crippen molar-refractivity contribution in [3.05, 3.63) is 60.3 Å². The van der Waals surface area contributed by atoms with Crippen LogP contribution < -0.4 is 9.47 Å². The molecule has 8 heteroatoms. The molecule has 1 N–H and O–H groups in total. The third kappa shape index (κ3) is 3.34. The van der Waals surface area contributed by atoms with E-state index in [0.29, 0.717) is 36.8 Å². The van der Waals surface area contributed by atoms with Gasteiger partial charge in [0.25, 0.3) is 0 Å². The Morgan fingerprint density at radius 1 is 1.35 bits per heavy atom. The number of carbonyl (C=O) groups is 1. The van der Waals surface area contributed by atoms with Gasteiger partial charge in [0, 0.05) is 0 Å². The Balaban J connectivity index is 1.42. The van der Waals surface area contributed by atoms with Crippen molar-refractivity contribution in [3.63, 3.8) is 0 Å². The molecular weight excluding hydrogens is 336 g/mol. The van der Waals surface area contributed by atoms with E-state index in [4.69, 9.17) is 14.6 Å². The number of rotatable bonds is 5. The van der Waals surface area contributed by atoms with Crippen LogP contribution in [0.25, 0.3) is 5.82 Å². The number of hydrogen-bond acceptors (Lipinski definition) is 6. The first-order valence-corrected chi connectivity index (χ1v) is 8.14. The highest BCUT2D eigenvalue weighted by molar-refractivity contribution is 5.73. The number of carboxylic acid groups (broad SMARTS) is 1. The SMILES string of the molecule is O=C(O)[C@@H]1CCc2ccc(COc3ccc(-n4cncn4)nc3)cc2O1. The highest BCUT2D eigenvalue weighted by atomic mass is 16.5. The maximum Gasteiger partial charge on any atom is 0.344 e. The number of benzene rings is 1. The summed E-state index contributed by atoms with van der Waals surface area (Å²) in [6.45, 7) is 0.332. The second-order valence-corrected chi connectivity index (χ2v) is 5.91. The average Bonchev–Trinajstić information content (AvgIpc) is 3.21. The quantitative estimate of drug-likeness (QED) is 0.750. The van der Waals surface area contributed by atoms with Gasteiger partial charge in [0.2, 0.25) is 0 Å². The van der Waals surface area contributed by atoms with Gasteiger partial charge in [-0.05, 0) is 42.2 Å². The van der Waals surface area contributed by atoms with Crippen LogP contribution in [0.3, 0.4) is 0 Å². The first-order chi connectivity index (χ1) is 12.7. The minimum absolute atomic E-state index is 0.332. The monoisotopic (exact) mass is 352 g/mol. The Morgan fingerprint density at radius 2 is 2.27 bits per heavy atom. The topological polar surface area (TPSA) is 99.4 Å². The lowest BCUT2D eigenvalue weighted by Crippen LogP contribution is -2.30. The van der Waals surface area contributed by atoms with E-state index in [2.05, 4.69) is 15.1 Å². The van der Waals surface area contributed by atoms with Crippen molar-refractivity contribution in [1.29, 1.82) is 0 Å². The van der Waals surface area contributed by atoms with E-state index < -0.39 is 12.1 Å². The van der Waals surface area contributed by atoms with Crippen LogP contribution in [-0.2, 0) is 17.8 Å². The van der Waals surface area contributed by atoms with Gasteiger partial charge in [0.15, 0.2) is 11.9 Å². The maximum absolute atomic E-state index is 11.1. The zero-order valence-electron chi connectivity index (χ0n) is 13.8. The molecule has 0 saturated carbocycles. The van der Waals surface area contributed by atoms with Gasteiger partial charge in [-0.3, -0.25) is 0 Å². The van der Waals surface area contributed by atoms with E-state index in [1.807, 2.05) is 18.2 Å². The summed E-state index contributed by atoms with van der Waals surface area (Å²) in [6, 6.07) is 9.34. The fourth-order valence-electron chi connectivity index (χ4n) is 2.76. The first-order valence-electron chi connectivity index (χ1n) is 8.14. The first kappa shape index (κ1) is 16.1. The summed E-state index contributed by atoms with van der Waals surface area (Å²) in [6.07, 6.45) is 5.03. The third-order valence-corrected chi connectivity index (χ3v) is 4.13. The molecule has 0 unspecified atom stereocenters. The summed E-state index contributed by atoms with van der Waals surface area (Å²) in [7, 11) is 0. The van der Waals surface area contributed by atoms with E-state index in [1.54, 1.807) is 29.3 Å². The molecule has 1 aromatic carbocycles. The molecule has 8 nitrogen and oxygen atoms in total. The number of fused-ring (bicyclic) bond motifs is 1. The van der Waals surface area contributed by atoms with Gasteiger partial charge in [0.05, 0.1) is 6.20 Å². The standard InChI is InChI=1S/C18H16N4O4/c23-18(24)15-5-3-13-2-1-12(7-16(13)26-15)9-25-14-4-6-17(20-8-14)22-11-19-10-21-22/h1-2,4,6-8,10-11,15H,3,5,9H2,(H,23,24)/t15-/m0/s1. The molecule has 0 radical (unpaired) electrons. The molecule has 0 amide bonds. The molecule has 2 aromatic heterocycles. The molecule has 0 saturated heterocycles. The molecule has 0 fully saturated rings. The zero-order valence-corrected chi connectivity index (χ0v) is 13.8. The molecule has 26 heavy (non-hydrogen) atoms. The van der Waals surface area contributed by atoms with Gasteiger partial charge in [0.1, 0.15) is 30.8 Å². The Hall–Kier alpha value is -3.42. The third-order valence-electron chi connectivity index (χ3n) is 4.13. The Kier molecular flexibility index (Phi) is 4.22. The van der Waals surface area contributed by atoms with Crippen molar-refractivity contribution in [2.24, 2.45) is 0 Å². The highest BCUT2D eigenvalue weighted by Crippen LogP contribution is 2.29. The second kappa shape index (κ2) is 6.83. The molecule has 0 bridgehead atoms. The molecule has 1 aliphatic heterocycles. The Morgan fingerprint density at radius 3 is 3.00 bits per heavy atom. The van der Waals surface area contributed by atoms with Gasteiger partial charge < -0.3 is 14.6 Å². The summed E-state index contributed by atoms with van der Waals surface area (Å²) in [5.74, 6) is 0.952. The van der Waals surface area contributed by atoms with Gasteiger partial charge in [-0.25, -0.2) is 19.4 Å². The van der Waals surface area contributed by atoms with E-state index in [1.165, 1.54) is 6.33 Å². The molecule has 0 aliphatic carbocycles. The summed E-state index contributed by atoms with van der Waals surface area (Å²) in [5, 5.41) is 13.1. The van der Waals surface area contributed by atoms with Crippen LogP contribution in [0.5, 0.6) is 11.5 Å². The molecule has 0 spiro atoms. The molecule has 4 rings (SSSR count). The lowest BCUT2D eigenvalue weighted by atomic mass is 10.0. The average molecular weight is 352 g/mol. The summed E-state index contributed by atoms with van der Waals surface area (Å²) < 4.78 is 12.9. The van der Waals surface area contributed by atoms with Crippen molar-refractivity contribution in [3.8, 4) is 17.3 Å². The molecule has 1 aliphatic rings. The highest BCUT2D eigenvalue weighted by Gasteiger charge is 2.25. The van der Waals surface area contributed by atoms with Crippen LogP contribution in [0, 0.1) is 0 Å². The number of ether oxygens (including phenoxy) is 2. The lowest BCUT2D eigenvalue weighted by molar-refractivity contribution is -0.145. The fraction of sp³-hybridized carbons (Fsp3) is 0.222. The normalized spacial score (nSPS) is 15.8. The number of aromatic nitrogens is 4. The van der Waals surface area contributed by atoms with Crippen molar-refractivity contribution < 1.29 is 19.4 Å². The van der Waals surface area contributed by atoms with Crippen molar-refractivity contribution in [2.45, 2.75) is 25.6 Å². The van der Waals surface area contributed by atoms with Crippen molar-refractivity contribution in [2.75, 3.05) is 0 Å². The van der Waals surface area contributed by atoms with Gasteiger partial charge in [-0.2, -0.15) is 5.10 Å². The van der Waals surface area contributed by atoms with E-state index in [0.717, 1.165) is 11.1 Å². The van der Waals surface area contributed by atoms with E-state index in [-0.39, 0.29) is 0 Å². The molecule has 3 aromatic rings. The smallest absolute Gasteiger partial charge is 0.344 e. The number of pyridine rings is 1. The number of aliphatic carboxylic acids is 1. The van der Waals surface area contributed by atoms with Gasteiger partial charge in [-0.1, -0.05) is 12.1 Å². The number of aryl methyl sites for hydroxylation is 1. The van der Waals surface area contributed by atoms with E-state index in [9.17, 15) is 4.79 Å². The molecular formula is C18H16N4O4. The zero-order chi connectivity index (χ0) is 17.9. The minimum Gasteiger partial charge on any atom is -0.487 e. The summed E-state index contributed by atoms with van der Waals surface area (Å²) >= 11 is 0. The van der Waals surface area contributed by atoms with Gasteiger partial charge in [-0.15, -0.1) is 0 Å². The predicted octanol–water partition coefficient (Wildman–Crippen LogP) is 2.02. The number of hydrogen-bond donors (Lipinski definition) is 1. The predicted molar refractivity (Wildman–Crippen MR) is 90.3 cm³/mol.